The minimum absolute atomic E-state index is 0.183. The van der Waals surface area contributed by atoms with Crippen molar-refractivity contribution in [2.45, 2.75) is 43.0 Å². The zero-order valence-corrected chi connectivity index (χ0v) is 23.0. The van der Waals surface area contributed by atoms with Crippen LogP contribution in [0.3, 0.4) is 0 Å². The second kappa shape index (κ2) is 11.6. The van der Waals surface area contributed by atoms with Gasteiger partial charge >= 0.3 is 0 Å². The van der Waals surface area contributed by atoms with Crippen molar-refractivity contribution in [1.82, 2.24) is 9.29 Å². The van der Waals surface area contributed by atoms with Gasteiger partial charge in [0.2, 0.25) is 10.0 Å². The highest BCUT2D eigenvalue weighted by Gasteiger charge is 2.26. The van der Waals surface area contributed by atoms with Gasteiger partial charge in [0, 0.05) is 23.5 Å². The minimum atomic E-state index is -3.62. The number of anilines is 1. The molecule has 1 amide bonds. The Labute approximate surface area is 220 Å². The van der Waals surface area contributed by atoms with Gasteiger partial charge in [-0.2, -0.15) is 4.31 Å². The van der Waals surface area contributed by atoms with Gasteiger partial charge in [-0.1, -0.05) is 25.2 Å². The zero-order chi connectivity index (χ0) is 25.7. The summed E-state index contributed by atoms with van der Waals surface area (Å²) in [7, 11) is -3.62. The number of hydrogen-bond acceptors (Lipinski definition) is 7. The van der Waals surface area contributed by atoms with E-state index < -0.39 is 10.0 Å². The van der Waals surface area contributed by atoms with Crippen LogP contribution in [0, 0.1) is 0 Å². The third-order valence-electron chi connectivity index (χ3n) is 5.64. The Hall–Kier alpha value is -2.66. The molecule has 0 N–H and O–H groups in total. The van der Waals surface area contributed by atoms with E-state index in [1.54, 1.807) is 41.1 Å². The molecule has 0 aliphatic heterocycles. The SMILES string of the molecule is CCCN(CCC)S(=O)(=O)c1ccc(C(=O)N(Cc2ccco2)c2nc3ccc(SC)cc3s2)cc1. The highest BCUT2D eigenvalue weighted by Crippen LogP contribution is 2.33. The number of fused-ring (bicyclic) bond motifs is 1. The predicted octanol–water partition coefficient (Wildman–Crippen LogP) is 6.27. The quantitative estimate of drug-likeness (QED) is 0.207. The summed E-state index contributed by atoms with van der Waals surface area (Å²) in [6.45, 7) is 5.05. The monoisotopic (exact) mass is 543 g/mol. The summed E-state index contributed by atoms with van der Waals surface area (Å²) in [5.41, 5.74) is 1.19. The van der Waals surface area contributed by atoms with E-state index in [9.17, 15) is 13.2 Å². The molecule has 0 aliphatic carbocycles. The van der Waals surface area contributed by atoms with Crippen molar-refractivity contribution in [3.05, 3.63) is 72.2 Å². The van der Waals surface area contributed by atoms with Gasteiger partial charge in [0.15, 0.2) is 5.13 Å². The highest BCUT2D eigenvalue weighted by molar-refractivity contribution is 7.98. The van der Waals surface area contributed by atoms with Gasteiger partial charge in [-0.15, -0.1) is 11.8 Å². The Morgan fingerprint density at radius 2 is 1.78 bits per heavy atom. The van der Waals surface area contributed by atoms with Crippen molar-refractivity contribution in [3.63, 3.8) is 0 Å². The molecule has 0 saturated heterocycles. The molecule has 190 valence electrons. The molecule has 0 fully saturated rings. The van der Waals surface area contributed by atoms with E-state index in [0.717, 1.165) is 28.0 Å². The molecular formula is C26H29N3O4S3. The van der Waals surface area contributed by atoms with Gasteiger partial charge in [-0.05, 0) is 73.7 Å². The minimum Gasteiger partial charge on any atom is -0.467 e. The van der Waals surface area contributed by atoms with Crippen LogP contribution in [0.2, 0.25) is 0 Å². The Morgan fingerprint density at radius 1 is 1.06 bits per heavy atom. The van der Waals surface area contributed by atoms with E-state index in [1.807, 2.05) is 38.3 Å². The van der Waals surface area contributed by atoms with Gasteiger partial charge in [-0.25, -0.2) is 13.4 Å². The number of amides is 1. The Balaban J connectivity index is 1.66. The van der Waals surface area contributed by atoms with Crippen LogP contribution in [0.1, 0.15) is 42.8 Å². The summed E-state index contributed by atoms with van der Waals surface area (Å²) in [4.78, 5) is 21.2. The molecule has 0 saturated carbocycles. The molecule has 10 heteroatoms. The van der Waals surface area contributed by atoms with Crippen LogP contribution in [0.5, 0.6) is 0 Å². The number of aromatic nitrogens is 1. The van der Waals surface area contributed by atoms with E-state index >= 15 is 0 Å². The fourth-order valence-electron chi connectivity index (χ4n) is 3.85. The van der Waals surface area contributed by atoms with Crippen molar-refractivity contribution in [3.8, 4) is 0 Å². The zero-order valence-electron chi connectivity index (χ0n) is 20.5. The van der Waals surface area contributed by atoms with Gasteiger partial charge in [0.05, 0.1) is 27.9 Å². The first-order chi connectivity index (χ1) is 17.4. The predicted molar refractivity (Wildman–Crippen MR) is 146 cm³/mol. The number of thiazole rings is 1. The van der Waals surface area contributed by atoms with E-state index in [2.05, 4.69) is 6.07 Å². The fraction of sp³-hybridized carbons (Fsp3) is 0.308. The van der Waals surface area contributed by atoms with Crippen LogP contribution in [-0.2, 0) is 16.6 Å². The average Bonchev–Trinajstić information content (AvgIpc) is 3.56. The van der Waals surface area contributed by atoms with Crippen LogP contribution in [0.25, 0.3) is 10.2 Å². The molecule has 0 unspecified atom stereocenters. The number of sulfonamides is 1. The van der Waals surface area contributed by atoms with Crippen molar-refractivity contribution in [1.29, 1.82) is 0 Å². The Morgan fingerprint density at radius 3 is 2.39 bits per heavy atom. The Kier molecular flexibility index (Phi) is 8.50. The first-order valence-corrected chi connectivity index (χ1v) is 15.2. The fourth-order valence-corrected chi connectivity index (χ4v) is 6.99. The average molecular weight is 544 g/mol. The second-order valence-electron chi connectivity index (χ2n) is 8.23. The lowest BCUT2D eigenvalue weighted by molar-refractivity contribution is 0.0983. The number of thioether (sulfide) groups is 1. The molecule has 0 atom stereocenters. The van der Waals surface area contributed by atoms with Crippen molar-refractivity contribution in [2.24, 2.45) is 0 Å². The van der Waals surface area contributed by atoms with Crippen molar-refractivity contribution in [2.75, 3.05) is 24.2 Å². The smallest absolute Gasteiger partial charge is 0.260 e. The molecule has 0 aliphatic rings. The van der Waals surface area contributed by atoms with E-state index in [4.69, 9.17) is 9.40 Å². The van der Waals surface area contributed by atoms with Gasteiger partial charge < -0.3 is 4.42 Å². The highest BCUT2D eigenvalue weighted by atomic mass is 32.2. The van der Waals surface area contributed by atoms with E-state index in [0.29, 0.717) is 29.5 Å². The molecule has 0 bridgehead atoms. The van der Waals surface area contributed by atoms with Crippen LogP contribution in [-0.4, -0.2) is 43.0 Å². The number of carbonyl (C=O) groups is 1. The topological polar surface area (TPSA) is 83.7 Å². The molecule has 2 heterocycles. The molecule has 7 nitrogen and oxygen atoms in total. The molecule has 4 rings (SSSR count). The number of rotatable bonds is 11. The van der Waals surface area contributed by atoms with Crippen molar-refractivity contribution < 1.29 is 17.6 Å². The van der Waals surface area contributed by atoms with Gasteiger partial charge in [-0.3, -0.25) is 9.69 Å². The normalized spacial score (nSPS) is 11.9. The second-order valence-corrected chi connectivity index (χ2v) is 12.1. The number of furan rings is 1. The van der Waals surface area contributed by atoms with Gasteiger partial charge in [0.25, 0.3) is 5.91 Å². The van der Waals surface area contributed by atoms with E-state index in [-0.39, 0.29) is 17.3 Å². The first-order valence-electron chi connectivity index (χ1n) is 11.8. The Bertz CT molecular complexity index is 1410. The number of benzene rings is 2. The molecule has 2 aromatic carbocycles. The summed E-state index contributed by atoms with van der Waals surface area (Å²) in [6, 6.07) is 15.8. The largest absolute Gasteiger partial charge is 0.467 e. The summed E-state index contributed by atoms with van der Waals surface area (Å²) in [5.74, 6) is 0.347. The van der Waals surface area contributed by atoms with Crippen LogP contribution in [0.4, 0.5) is 5.13 Å². The lowest BCUT2D eigenvalue weighted by Gasteiger charge is -2.21. The summed E-state index contributed by atoms with van der Waals surface area (Å²) >= 11 is 3.09. The molecule has 0 spiro atoms. The van der Waals surface area contributed by atoms with E-state index in [1.165, 1.54) is 27.8 Å². The molecule has 0 radical (unpaired) electrons. The first kappa shape index (κ1) is 26.4. The number of nitrogens with zero attached hydrogens (tertiary/aromatic N) is 3. The maximum atomic E-state index is 13.7. The standard InChI is InChI=1S/C26H29N3O4S3/c1-4-14-28(15-5-2)36(31,32)22-11-8-19(9-12-22)25(30)29(18-20-7-6-16-33-20)26-27-23-13-10-21(34-3)17-24(23)35-26/h6-13,16-17H,4-5,14-15,18H2,1-3H3. The maximum Gasteiger partial charge on any atom is 0.260 e. The van der Waals surface area contributed by atoms with Crippen molar-refractivity contribution >= 4 is 54.4 Å². The van der Waals surface area contributed by atoms with Gasteiger partial charge in [0.1, 0.15) is 5.76 Å². The van der Waals surface area contributed by atoms with Crippen LogP contribution < -0.4 is 4.90 Å². The molecule has 36 heavy (non-hydrogen) atoms. The third kappa shape index (κ3) is 5.67. The molecule has 2 aromatic heterocycles. The number of hydrogen-bond donors (Lipinski definition) is 0. The summed E-state index contributed by atoms with van der Waals surface area (Å²) in [6.07, 6.45) is 5.05. The van der Waals surface area contributed by atoms with Crippen LogP contribution >= 0.6 is 23.1 Å². The molecular weight excluding hydrogens is 515 g/mol. The third-order valence-corrected chi connectivity index (χ3v) is 9.32. The maximum absolute atomic E-state index is 13.7. The lowest BCUT2D eigenvalue weighted by Crippen LogP contribution is -2.33. The van der Waals surface area contributed by atoms with Crippen LogP contribution in [0.15, 0.2) is 75.1 Å². The molecule has 4 aromatic rings. The number of carbonyl (C=O) groups excluding carboxylic acids is 1. The lowest BCUT2D eigenvalue weighted by atomic mass is 10.2. The summed E-state index contributed by atoms with van der Waals surface area (Å²) < 4.78 is 34.2. The summed E-state index contributed by atoms with van der Waals surface area (Å²) in [5, 5.41) is 0.554.